The van der Waals surface area contributed by atoms with Gasteiger partial charge >= 0.3 is 0 Å². The molecular weight excluding hydrogens is 236 g/mol. The van der Waals surface area contributed by atoms with Crippen molar-refractivity contribution in [2.24, 2.45) is 0 Å². The molecule has 88 valence electrons. The van der Waals surface area contributed by atoms with Crippen LogP contribution in [0.1, 0.15) is 0 Å². The summed E-state index contributed by atoms with van der Waals surface area (Å²) in [6, 6.07) is 10.2. The molecule has 0 spiro atoms. The minimum Gasteiger partial charge on any atom is -0.397 e. The Morgan fingerprint density at radius 3 is 2.18 bits per heavy atom. The van der Waals surface area contributed by atoms with Crippen LogP contribution in [-0.4, -0.2) is 19.7 Å². The van der Waals surface area contributed by atoms with Crippen LogP contribution in [0.4, 0.5) is 5.69 Å². The van der Waals surface area contributed by atoms with Crippen molar-refractivity contribution in [2.45, 2.75) is 4.90 Å². The van der Waals surface area contributed by atoms with Gasteiger partial charge in [0.25, 0.3) is 0 Å². The molecule has 0 amide bonds. The van der Waals surface area contributed by atoms with Gasteiger partial charge in [-0.15, -0.1) is 0 Å². The van der Waals surface area contributed by atoms with Crippen LogP contribution in [0.3, 0.4) is 0 Å². The second-order valence-corrected chi connectivity index (χ2v) is 5.79. The molecule has 0 aliphatic rings. The van der Waals surface area contributed by atoms with Crippen molar-refractivity contribution in [3.8, 4) is 11.3 Å². The molecule has 1 aromatic carbocycles. The highest BCUT2D eigenvalue weighted by Gasteiger charge is 2.07. The van der Waals surface area contributed by atoms with E-state index in [4.69, 9.17) is 5.73 Å². The standard InChI is InChI=1S/C12H12N2O2S/c1-17(15,16)11-5-2-9(3-6-11)12-7-4-10(13)8-14-12/h2-8H,13H2,1H3. The number of hydrogen-bond donors (Lipinski definition) is 1. The molecule has 4 nitrogen and oxygen atoms in total. The molecule has 0 aliphatic carbocycles. The van der Waals surface area contributed by atoms with Gasteiger partial charge in [-0.25, -0.2) is 8.42 Å². The minimum absolute atomic E-state index is 0.302. The average molecular weight is 248 g/mol. The van der Waals surface area contributed by atoms with Crippen LogP contribution in [0.5, 0.6) is 0 Å². The monoisotopic (exact) mass is 248 g/mol. The first-order chi connectivity index (χ1) is 7.97. The minimum atomic E-state index is -3.15. The first-order valence-corrected chi connectivity index (χ1v) is 6.88. The number of aromatic nitrogens is 1. The lowest BCUT2D eigenvalue weighted by Gasteiger charge is -2.02. The molecule has 1 aromatic heterocycles. The van der Waals surface area contributed by atoms with E-state index >= 15 is 0 Å². The number of rotatable bonds is 2. The van der Waals surface area contributed by atoms with Crippen LogP contribution < -0.4 is 5.73 Å². The first-order valence-electron chi connectivity index (χ1n) is 4.99. The zero-order valence-electron chi connectivity index (χ0n) is 9.29. The molecule has 0 unspecified atom stereocenters. The van der Waals surface area contributed by atoms with E-state index in [1.54, 1.807) is 42.6 Å². The molecule has 5 heteroatoms. The summed E-state index contributed by atoms with van der Waals surface area (Å²) in [6.45, 7) is 0. The summed E-state index contributed by atoms with van der Waals surface area (Å²) in [5.74, 6) is 0. The molecule has 0 bridgehead atoms. The maximum absolute atomic E-state index is 11.3. The van der Waals surface area contributed by atoms with Crippen molar-refractivity contribution < 1.29 is 8.42 Å². The Morgan fingerprint density at radius 2 is 1.71 bits per heavy atom. The van der Waals surface area contributed by atoms with E-state index in [1.165, 1.54) is 6.26 Å². The van der Waals surface area contributed by atoms with Gasteiger partial charge in [-0.1, -0.05) is 12.1 Å². The van der Waals surface area contributed by atoms with Gasteiger partial charge in [0.15, 0.2) is 9.84 Å². The van der Waals surface area contributed by atoms with Gasteiger partial charge in [0.05, 0.1) is 22.5 Å². The quantitative estimate of drug-likeness (QED) is 0.878. The Kier molecular flexibility index (Phi) is 2.85. The van der Waals surface area contributed by atoms with Crippen LogP contribution in [0.2, 0.25) is 0 Å². The lowest BCUT2D eigenvalue weighted by molar-refractivity contribution is 0.602. The Bertz CT molecular complexity index is 617. The molecule has 0 saturated carbocycles. The summed E-state index contributed by atoms with van der Waals surface area (Å²) in [5.41, 5.74) is 7.76. The number of sulfone groups is 1. The number of hydrogen-bond acceptors (Lipinski definition) is 4. The van der Waals surface area contributed by atoms with Crippen LogP contribution in [0.25, 0.3) is 11.3 Å². The molecule has 2 aromatic rings. The third-order valence-electron chi connectivity index (χ3n) is 2.36. The van der Waals surface area contributed by atoms with Crippen LogP contribution in [-0.2, 0) is 9.84 Å². The second kappa shape index (κ2) is 4.18. The summed E-state index contributed by atoms with van der Waals surface area (Å²) in [5, 5.41) is 0. The summed E-state index contributed by atoms with van der Waals surface area (Å²) in [4.78, 5) is 4.47. The van der Waals surface area contributed by atoms with Gasteiger partial charge in [0, 0.05) is 11.8 Å². The fourth-order valence-corrected chi connectivity index (χ4v) is 2.08. The smallest absolute Gasteiger partial charge is 0.175 e. The van der Waals surface area contributed by atoms with Gasteiger partial charge in [0.1, 0.15) is 0 Å². The fraction of sp³-hybridized carbons (Fsp3) is 0.0833. The highest BCUT2D eigenvalue weighted by molar-refractivity contribution is 7.90. The van der Waals surface area contributed by atoms with Gasteiger partial charge in [0.2, 0.25) is 0 Å². The number of nitrogens with zero attached hydrogens (tertiary/aromatic N) is 1. The summed E-state index contributed by atoms with van der Waals surface area (Å²) in [6.07, 6.45) is 2.75. The van der Waals surface area contributed by atoms with Crippen molar-refractivity contribution in [2.75, 3.05) is 12.0 Å². The Balaban J connectivity index is 2.39. The lowest BCUT2D eigenvalue weighted by atomic mass is 10.1. The number of nitrogen functional groups attached to an aromatic ring is 1. The predicted octanol–water partition coefficient (Wildman–Crippen LogP) is 1.73. The Morgan fingerprint density at radius 1 is 1.06 bits per heavy atom. The summed E-state index contributed by atoms with van der Waals surface area (Å²) < 4.78 is 22.6. The van der Waals surface area contributed by atoms with Crippen molar-refractivity contribution in [3.05, 3.63) is 42.6 Å². The molecule has 0 saturated heterocycles. The third-order valence-corrected chi connectivity index (χ3v) is 3.49. The van der Waals surface area contributed by atoms with Gasteiger partial charge in [-0.3, -0.25) is 4.98 Å². The van der Waals surface area contributed by atoms with Crippen molar-refractivity contribution in [1.29, 1.82) is 0 Å². The van der Waals surface area contributed by atoms with Crippen molar-refractivity contribution in [3.63, 3.8) is 0 Å². The molecule has 2 N–H and O–H groups in total. The molecule has 0 atom stereocenters. The number of pyridine rings is 1. The van der Waals surface area contributed by atoms with E-state index in [9.17, 15) is 8.42 Å². The van der Waals surface area contributed by atoms with E-state index in [0.29, 0.717) is 10.6 Å². The highest BCUT2D eigenvalue weighted by Crippen LogP contribution is 2.19. The van der Waals surface area contributed by atoms with Crippen LogP contribution in [0.15, 0.2) is 47.5 Å². The van der Waals surface area contributed by atoms with Crippen LogP contribution in [0, 0.1) is 0 Å². The lowest BCUT2D eigenvalue weighted by Crippen LogP contribution is -1.96. The average Bonchev–Trinajstić information content (AvgIpc) is 2.29. The summed E-state index contributed by atoms with van der Waals surface area (Å²) in [7, 11) is -3.15. The first kappa shape index (κ1) is 11.6. The van der Waals surface area contributed by atoms with Gasteiger partial charge in [-0.2, -0.15) is 0 Å². The number of benzene rings is 1. The molecule has 1 heterocycles. The van der Waals surface area contributed by atoms with Crippen LogP contribution >= 0.6 is 0 Å². The topological polar surface area (TPSA) is 73.0 Å². The molecule has 0 aliphatic heterocycles. The van der Waals surface area contributed by atoms with Gasteiger partial charge < -0.3 is 5.73 Å². The SMILES string of the molecule is CS(=O)(=O)c1ccc(-c2ccc(N)cn2)cc1. The predicted molar refractivity (Wildman–Crippen MR) is 67.2 cm³/mol. The van der Waals surface area contributed by atoms with Gasteiger partial charge in [-0.05, 0) is 24.3 Å². The molecular formula is C12H12N2O2S. The number of anilines is 1. The maximum Gasteiger partial charge on any atom is 0.175 e. The fourth-order valence-electron chi connectivity index (χ4n) is 1.45. The third kappa shape index (κ3) is 2.62. The summed E-state index contributed by atoms with van der Waals surface area (Å²) >= 11 is 0. The van der Waals surface area contributed by atoms with E-state index in [1.807, 2.05) is 0 Å². The second-order valence-electron chi connectivity index (χ2n) is 3.77. The van der Waals surface area contributed by atoms with E-state index in [0.717, 1.165) is 11.3 Å². The number of nitrogens with two attached hydrogens (primary N) is 1. The highest BCUT2D eigenvalue weighted by atomic mass is 32.2. The molecule has 0 radical (unpaired) electrons. The zero-order valence-corrected chi connectivity index (χ0v) is 10.1. The van der Waals surface area contributed by atoms with E-state index in [2.05, 4.69) is 4.98 Å². The largest absolute Gasteiger partial charge is 0.397 e. The van der Waals surface area contributed by atoms with E-state index < -0.39 is 9.84 Å². The Hall–Kier alpha value is -1.88. The maximum atomic E-state index is 11.3. The van der Waals surface area contributed by atoms with Crippen molar-refractivity contribution >= 4 is 15.5 Å². The zero-order chi connectivity index (χ0) is 12.5. The molecule has 2 rings (SSSR count). The molecule has 17 heavy (non-hydrogen) atoms. The Labute approximate surface area is 100 Å². The molecule has 0 fully saturated rings. The normalized spacial score (nSPS) is 11.4. The van der Waals surface area contributed by atoms with E-state index in [-0.39, 0.29) is 0 Å². The van der Waals surface area contributed by atoms with Crippen molar-refractivity contribution in [1.82, 2.24) is 4.98 Å².